The Morgan fingerprint density at radius 2 is 2.29 bits per heavy atom. The van der Waals surface area contributed by atoms with Crippen LogP contribution in [0.3, 0.4) is 0 Å². The second-order valence-corrected chi connectivity index (χ2v) is 5.33. The van der Waals surface area contributed by atoms with Gasteiger partial charge in [-0.15, -0.1) is 0 Å². The smallest absolute Gasteiger partial charge is 0.159 e. The maximum Gasteiger partial charge on any atom is 0.159 e. The van der Waals surface area contributed by atoms with Crippen LogP contribution < -0.4 is 4.90 Å². The SMILES string of the molecule is COCC1CN(c2cc(C(C)=O)ccc2C#N)CC(C)O1. The summed E-state index contributed by atoms with van der Waals surface area (Å²) in [6.45, 7) is 5.37. The van der Waals surface area contributed by atoms with Gasteiger partial charge in [-0.25, -0.2) is 0 Å². The second kappa shape index (κ2) is 6.70. The molecule has 5 heteroatoms. The fourth-order valence-electron chi connectivity index (χ4n) is 2.63. The first-order valence-corrected chi connectivity index (χ1v) is 6.99. The number of rotatable bonds is 4. The van der Waals surface area contributed by atoms with Gasteiger partial charge in [-0.3, -0.25) is 4.79 Å². The normalized spacial score (nSPS) is 21.9. The number of nitriles is 1. The van der Waals surface area contributed by atoms with Gasteiger partial charge in [0.2, 0.25) is 0 Å². The molecule has 1 fully saturated rings. The van der Waals surface area contributed by atoms with Gasteiger partial charge in [0.05, 0.1) is 30.1 Å². The third-order valence-electron chi connectivity index (χ3n) is 3.54. The topological polar surface area (TPSA) is 62.6 Å². The van der Waals surface area contributed by atoms with Crippen LogP contribution in [0.4, 0.5) is 5.69 Å². The number of carbonyl (C=O) groups excluding carboxylic acids is 1. The van der Waals surface area contributed by atoms with E-state index in [1.54, 1.807) is 25.3 Å². The molecule has 1 aromatic carbocycles. The van der Waals surface area contributed by atoms with Crippen molar-refractivity contribution in [2.45, 2.75) is 26.1 Å². The molecule has 2 atom stereocenters. The van der Waals surface area contributed by atoms with Crippen LogP contribution in [0, 0.1) is 11.3 Å². The average molecular weight is 288 g/mol. The van der Waals surface area contributed by atoms with Crippen LogP contribution in [0.2, 0.25) is 0 Å². The van der Waals surface area contributed by atoms with Crippen molar-refractivity contribution in [1.29, 1.82) is 5.26 Å². The quantitative estimate of drug-likeness (QED) is 0.793. The van der Waals surface area contributed by atoms with Gasteiger partial charge in [0.25, 0.3) is 0 Å². The molecule has 1 aromatic rings. The Morgan fingerprint density at radius 1 is 1.52 bits per heavy atom. The highest BCUT2D eigenvalue weighted by atomic mass is 16.5. The van der Waals surface area contributed by atoms with Gasteiger partial charge in [-0.1, -0.05) is 0 Å². The van der Waals surface area contributed by atoms with Crippen molar-refractivity contribution in [3.05, 3.63) is 29.3 Å². The van der Waals surface area contributed by atoms with Crippen LogP contribution in [0.5, 0.6) is 0 Å². The lowest BCUT2D eigenvalue weighted by Gasteiger charge is -2.38. The minimum Gasteiger partial charge on any atom is -0.382 e. The third kappa shape index (κ3) is 3.60. The Labute approximate surface area is 125 Å². The molecular formula is C16H20N2O3. The average Bonchev–Trinajstić information content (AvgIpc) is 2.46. The summed E-state index contributed by atoms with van der Waals surface area (Å²) in [4.78, 5) is 13.7. The number of nitrogens with zero attached hydrogens (tertiary/aromatic N) is 2. The van der Waals surface area contributed by atoms with E-state index in [0.717, 1.165) is 5.69 Å². The van der Waals surface area contributed by atoms with Gasteiger partial charge in [0.15, 0.2) is 5.78 Å². The van der Waals surface area contributed by atoms with Crippen molar-refractivity contribution in [2.75, 3.05) is 31.7 Å². The predicted molar refractivity (Wildman–Crippen MR) is 79.6 cm³/mol. The van der Waals surface area contributed by atoms with Gasteiger partial charge in [-0.2, -0.15) is 5.26 Å². The van der Waals surface area contributed by atoms with Crippen molar-refractivity contribution in [3.63, 3.8) is 0 Å². The molecule has 0 radical (unpaired) electrons. The molecule has 0 amide bonds. The van der Waals surface area contributed by atoms with Crippen molar-refractivity contribution in [2.24, 2.45) is 0 Å². The molecule has 0 N–H and O–H groups in total. The van der Waals surface area contributed by atoms with E-state index in [4.69, 9.17) is 9.47 Å². The highest BCUT2D eigenvalue weighted by Gasteiger charge is 2.27. The summed E-state index contributed by atoms with van der Waals surface area (Å²) in [5.41, 5.74) is 1.98. The van der Waals surface area contributed by atoms with Crippen molar-refractivity contribution < 1.29 is 14.3 Å². The molecule has 2 unspecified atom stereocenters. The van der Waals surface area contributed by atoms with Gasteiger partial charge in [0, 0.05) is 25.8 Å². The first-order valence-electron chi connectivity index (χ1n) is 6.99. The van der Waals surface area contributed by atoms with Crippen LogP contribution in [0.25, 0.3) is 0 Å². The molecule has 1 saturated heterocycles. The molecule has 2 rings (SSSR count). The lowest BCUT2D eigenvalue weighted by molar-refractivity contribution is -0.0511. The molecular weight excluding hydrogens is 268 g/mol. The van der Waals surface area contributed by atoms with Crippen molar-refractivity contribution >= 4 is 11.5 Å². The largest absolute Gasteiger partial charge is 0.382 e. The van der Waals surface area contributed by atoms with E-state index in [2.05, 4.69) is 11.0 Å². The van der Waals surface area contributed by atoms with Crippen LogP contribution >= 0.6 is 0 Å². The molecule has 1 heterocycles. The minimum absolute atomic E-state index is 0.00418. The number of methoxy groups -OCH3 is 1. The lowest BCUT2D eigenvalue weighted by Crippen LogP contribution is -2.48. The predicted octanol–water partition coefficient (Wildman–Crippen LogP) is 2.00. The zero-order valence-electron chi connectivity index (χ0n) is 12.6. The molecule has 0 saturated carbocycles. The van der Waals surface area contributed by atoms with E-state index in [-0.39, 0.29) is 18.0 Å². The Bertz CT molecular complexity index is 565. The standard InChI is InChI=1S/C16H20N2O3/c1-11-8-18(9-15(21-11)10-20-3)16-6-13(12(2)19)4-5-14(16)7-17/h4-6,11,15H,8-10H2,1-3H3. The van der Waals surface area contributed by atoms with Gasteiger partial charge < -0.3 is 14.4 Å². The Balaban J connectivity index is 2.32. The number of benzene rings is 1. The first-order chi connectivity index (χ1) is 10.0. The van der Waals surface area contributed by atoms with E-state index in [1.165, 1.54) is 6.92 Å². The lowest BCUT2D eigenvalue weighted by atomic mass is 10.0. The molecule has 112 valence electrons. The molecule has 0 aliphatic carbocycles. The number of anilines is 1. The summed E-state index contributed by atoms with van der Waals surface area (Å²) in [7, 11) is 1.64. The number of carbonyl (C=O) groups is 1. The van der Waals surface area contributed by atoms with Crippen molar-refractivity contribution in [3.8, 4) is 6.07 Å². The van der Waals surface area contributed by atoms with Gasteiger partial charge >= 0.3 is 0 Å². The van der Waals surface area contributed by atoms with E-state index < -0.39 is 0 Å². The Morgan fingerprint density at radius 3 is 2.90 bits per heavy atom. The maximum atomic E-state index is 11.6. The number of Topliss-reactive ketones (excluding diaryl/α,β-unsaturated/α-hetero) is 1. The monoisotopic (exact) mass is 288 g/mol. The number of morpholine rings is 1. The van der Waals surface area contributed by atoms with E-state index in [1.807, 2.05) is 6.92 Å². The molecule has 0 spiro atoms. The van der Waals surface area contributed by atoms with E-state index in [0.29, 0.717) is 30.8 Å². The molecule has 0 aromatic heterocycles. The molecule has 1 aliphatic rings. The van der Waals surface area contributed by atoms with Crippen molar-refractivity contribution in [1.82, 2.24) is 0 Å². The molecule has 1 aliphatic heterocycles. The van der Waals surface area contributed by atoms with E-state index in [9.17, 15) is 10.1 Å². The van der Waals surface area contributed by atoms with Gasteiger partial charge in [-0.05, 0) is 32.0 Å². The summed E-state index contributed by atoms with van der Waals surface area (Å²) in [5, 5.41) is 9.30. The summed E-state index contributed by atoms with van der Waals surface area (Å²) < 4.78 is 11.0. The van der Waals surface area contributed by atoms with Crippen LogP contribution in [-0.4, -0.2) is 44.8 Å². The van der Waals surface area contributed by atoms with E-state index >= 15 is 0 Å². The molecule has 21 heavy (non-hydrogen) atoms. The summed E-state index contributed by atoms with van der Waals surface area (Å²) >= 11 is 0. The molecule has 5 nitrogen and oxygen atoms in total. The highest BCUT2D eigenvalue weighted by molar-refractivity contribution is 5.95. The fourth-order valence-corrected chi connectivity index (χ4v) is 2.63. The zero-order valence-corrected chi connectivity index (χ0v) is 12.6. The number of ether oxygens (including phenoxy) is 2. The fraction of sp³-hybridized carbons (Fsp3) is 0.500. The second-order valence-electron chi connectivity index (χ2n) is 5.33. The first kappa shape index (κ1) is 15.5. The Kier molecular flexibility index (Phi) is 4.94. The highest BCUT2D eigenvalue weighted by Crippen LogP contribution is 2.26. The molecule has 0 bridgehead atoms. The van der Waals surface area contributed by atoms with Crippen LogP contribution in [0.15, 0.2) is 18.2 Å². The van der Waals surface area contributed by atoms with Crippen LogP contribution in [-0.2, 0) is 9.47 Å². The summed E-state index contributed by atoms with van der Waals surface area (Å²) in [6, 6.07) is 7.39. The van der Waals surface area contributed by atoms with Gasteiger partial charge in [0.1, 0.15) is 6.07 Å². The maximum absolute atomic E-state index is 11.6. The number of ketones is 1. The Hall–Kier alpha value is -1.90. The zero-order chi connectivity index (χ0) is 15.4. The number of hydrogen-bond donors (Lipinski definition) is 0. The summed E-state index contributed by atoms with van der Waals surface area (Å²) in [5.74, 6) is -0.00418. The third-order valence-corrected chi connectivity index (χ3v) is 3.54. The number of hydrogen-bond acceptors (Lipinski definition) is 5. The van der Waals surface area contributed by atoms with Crippen LogP contribution in [0.1, 0.15) is 29.8 Å². The minimum atomic E-state index is -0.0359. The summed E-state index contributed by atoms with van der Waals surface area (Å²) in [6.07, 6.45) is 0.0118.